The second-order valence-corrected chi connectivity index (χ2v) is 27.0. The highest BCUT2D eigenvalue weighted by atomic mass is 35.5. The van der Waals surface area contributed by atoms with Gasteiger partial charge in [0.25, 0.3) is 11.8 Å². The lowest BCUT2D eigenvalue weighted by atomic mass is 10.1. The summed E-state index contributed by atoms with van der Waals surface area (Å²) in [6, 6.07) is 11.6. The normalized spacial score (nSPS) is 14.8. The number of nitrogens with zero attached hydrogens (tertiary/aromatic N) is 11. The maximum Gasteiger partial charge on any atom is 0.255 e. The highest BCUT2D eigenvalue weighted by Crippen LogP contribution is 2.32. The summed E-state index contributed by atoms with van der Waals surface area (Å²) < 4.78 is 11.3. The Labute approximate surface area is 439 Å². The number of hydrogen-bond donors (Lipinski definition) is 3. The summed E-state index contributed by atoms with van der Waals surface area (Å²) in [5.74, 6) is -0.463. The van der Waals surface area contributed by atoms with Crippen LogP contribution in [0, 0.1) is 0 Å². The van der Waals surface area contributed by atoms with Crippen molar-refractivity contribution in [1.82, 2.24) is 69.5 Å². The Kier molecular flexibility index (Phi) is 15.5. The van der Waals surface area contributed by atoms with E-state index in [2.05, 4.69) is 50.4 Å². The number of aromatic nitrogens is 10. The van der Waals surface area contributed by atoms with Crippen molar-refractivity contribution in [2.45, 2.75) is 96.9 Å². The van der Waals surface area contributed by atoms with Crippen LogP contribution in [0.3, 0.4) is 0 Å². The van der Waals surface area contributed by atoms with Gasteiger partial charge in [0.15, 0.2) is 11.3 Å². The summed E-state index contributed by atoms with van der Waals surface area (Å²) in [6.45, 7) is 14.7. The molecule has 10 rings (SSSR count). The fourth-order valence-corrected chi connectivity index (χ4v) is 10.5. The Morgan fingerprint density at radius 2 is 1.22 bits per heavy atom. The molecule has 2 aromatic carbocycles. The molecule has 2 saturated heterocycles. The molecule has 22 heteroatoms. The van der Waals surface area contributed by atoms with Crippen molar-refractivity contribution in [3.05, 3.63) is 82.4 Å². The lowest BCUT2D eigenvalue weighted by molar-refractivity contribution is -0.131. The molecule has 0 saturated carbocycles. The number of amides is 4. The lowest BCUT2D eigenvalue weighted by Gasteiger charge is -2.19. The van der Waals surface area contributed by atoms with Crippen LogP contribution in [0.5, 0.6) is 0 Å². The van der Waals surface area contributed by atoms with Crippen LogP contribution in [-0.4, -0.2) is 135 Å². The Balaban J connectivity index is 0.000000186. The van der Waals surface area contributed by atoms with E-state index in [0.29, 0.717) is 72.9 Å². The SMILES string of the molecule is C[C@H](CC(=O)N1CCCC1)NC(=O)c1c[nH]c2ncc(-c3nn(C)c4cc(Cl)ccc34)nc12.C[C@H](CC(=O)N1CCCC1)NC(=O)c1cn(COCC[Si](C)(C)C)c2ncc(-c3nn(C)c4cc(Cl)ccc34)nc12. The van der Waals surface area contributed by atoms with Crippen LogP contribution in [0.15, 0.2) is 61.2 Å². The van der Waals surface area contributed by atoms with Crippen LogP contribution in [-0.2, 0) is 35.2 Å². The van der Waals surface area contributed by atoms with Gasteiger partial charge in [-0.05, 0) is 82.0 Å². The number of nitrogens with one attached hydrogen (secondary N) is 3. The molecule has 4 amide bonds. The van der Waals surface area contributed by atoms with Crippen LogP contribution in [0.4, 0.5) is 0 Å². The third kappa shape index (κ3) is 11.6. The van der Waals surface area contributed by atoms with Crippen LogP contribution in [0.2, 0.25) is 35.7 Å². The average Bonchev–Trinajstić information content (AvgIpc) is 4.23. The Morgan fingerprint density at radius 1 is 0.716 bits per heavy atom. The number of fused-ring (bicyclic) bond motifs is 4. The van der Waals surface area contributed by atoms with E-state index < -0.39 is 8.07 Å². The molecule has 2 aliphatic heterocycles. The molecule has 0 bridgehead atoms. The smallest absolute Gasteiger partial charge is 0.255 e. The standard InChI is InChI=1S/C29H38ClN7O3Si.C23H24ClN7O2/c1-19(14-25(38)36-10-6-7-11-36)32-29(39)22-17-37(18-40-12-13-41(3,4)5)28-27(22)33-23(16-31-28)26-21-9-8-20(30)15-24(21)35(2)34-26;1-13(9-19(32)31-7-3-4-8-31)27-23(33)16-11-25-22-21(16)28-17(12-26-22)20-15-6-5-14(24)10-18(15)30(2)29-20/h8-9,15-17,19H,6-7,10-14,18H2,1-5H3,(H,32,39);5-6,10-13H,3-4,7-9H2,1-2H3,(H,25,26)(H,27,33)/t19-;13-/m11/s1. The van der Waals surface area contributed by atoms with Gasteiger partial charge in [0.2, 0.25) is 11.8 Å². The van der Waals surface area contributed by atoms with Gasteiger partial charge in [-0.3, -0.25) is 28.5 Å². The van der Waals surface area contributed by atoms with E-state index in [0.717, 1.165) is 79.7 Å². The third-order valence-electron chi connectivity index (χ3n) is 13.4. The summed E-state index contributed by atoms with van der Waals surface area (Å²) in [4.78, 5) is 77.1. The van der Waals surface area contributed by atoms with Crippen molar-refractivity contribution in [2.75, 3.05) is 32.8 Å². The van der Waals surface area contributed by atoms with Crippen LogP contribution in [0.25, 0.3) is 66.9 Å². The quantitative estimate of drug-likeness (QED) is 0.0655. The molecule has 19 nitrogen and oxygen atoms in total. The third-order valence-corrected chi connectivity index (χ3v) is 15.6. The summed E-state index contributed by atoms with van der Waals surface area (Å²) in [5, 5.41) is 18.2. The Bertz CT molecular complexity index is 3400. The zero-order valence-electron chi connectivity index (χ0n) is 42.8. The van der Waals surface area contributed by atoms with E-state index in [9.17, 15) is 19.2 Å². The minimum absolute atomic E-state index is 0.0674. The van der Waals surface area contributed by atoms with E-state index in [4.69, 9.17) is 42.9 Å². The van der Waals surface area contributed by atoms with Crippen LogP contribution >= 0.6 is 23.2 Å². The molecule has 0 unspecified atom stereocenters. The largest absolute Gasteiger partial charge is 0.361 e. The number of ether oxygens (including phenoxy) is 1. The molecule has 74 heavy (non-hydrogen) atoms. The first kappa shape index (κ1) is 52.1. The van der Waals surface area contributed by atoms with E-state index in [1.165, 1.54) is 0 Å². The molecule has 6 aromatic heterocycles. The second-order valence-electron chi connectivity index (χ2n) is 20.5. The topological polar surface area (TPSA) is 216 Å². The molecule has 2 aliphatic rings. The van der Waals surface area contributed by atoms with E-state index in [-0.39, 0.29) is 55.3 Å². The number of hydrogen-bond acceptors (Lipinski definition) is 11. The van der Waals surface area contributed by atoms with Crippen molar-refractivity contribution in [2.24, 2.45) is 14.1 Å². The van der Waals surface area contributed by atoms with E-state index in [1.54, 1.807) is 40.2 Å². The molecule has 2 atom stereocenters. The van der Waals surface area contributed by atoms with Gasteiger partial charge in [0.05, 0.1) is 34.6 Å². The number of carbonyl (C=O) groups excluding carboxylic acids is 4. The number of halogens is 2. The molecule has 388 valence electrons. The number of H-pyrrole nitrogens is 1. The fraction of sp³-hybridized carbons (Fsp3) is 0.423. The Hall–Kier alpha value is -6.74. The summed E-state index contributed by atoms with van der Waals surface area (Å²) in [6.07, 6.45) is 11.3. The zero-order chi connectivity index (χ0) is 52.4. The molecule has 0 radical (unpaired) electrons. The fourth-order valence-electron chi connectivity index (χ4n) is 9.41. The maximum atomic E-state index is 13.6. The minimum Gasteiger partial charge on any atom is -0.361 e. The summed E-state index contributed by atoms with van der Waals surface area (Å²) in [5.41, 5.74) is 6.91. The maximum absolute atomic E-state index is 13.6. The van der Waals surface area contributed by atoms with E-state index >= 15 is 0 Å². The number of benzene rings is 2. The molecule has 8 heterocycles. The van der Waals surface area contributed by atoms with Gasteiger partial charge in [0, 0.05) is 113 Å². The van der Waals surface area contributed by atoms with Crippen molar-refractivity contribution >= 4 is 99.0 Å². The van der Waals surface area contributed by atoms with E-state index in [1.807, 2.05) is 72.6 Å². The first-order chi connectivity index (χ1) is 35.4. The van der Waals surface area contributed by atoms with Crippen LogP contribution in [0.1, 0.15) is 73.1 Å². The second kappa shape index (κ2) is 22.0. The lowest BCUT2D eigenvalue weighted by Crippen LogP contribution is -2.38. The highest BCUT2D eigenvalue weighted by Gasteiger charge is 2.26. The van der Waals surface area contributed by atoms with Crippen molar-refractivity contribution in [3.8, 4) is 22.8 Å². The molecule has 2 fully saturated rings. The van der Waals surface area contributed by atoms with Gasteiger partial charge in [0.1, 0.15) is 40.5 Å². The number of likely N-dealkylation sites (tertiary alicyclic amines) is 2. The van der Waals surface area contributed by atoms with Gasteiger partial charge in [-0.25, -0.2) is 19.9 Å². The molecule has 0 spiro atoms. The van der Waals surface area contributed by atoms with Crippen molar-refractivity contribution in [3.63, 3.8) is 0 Å². The molecule has 8 aromatic rings. The number of carbonyl (C=O) groups is 4. The molecule has 3 N–H and O–H groups in total. The van der Waals surface area contributed by atoms with Gasteiger partial charge >= 0.3 is 0 Å². The predicted octanol–water partition coefficient (Wildman–Crippen LogP) is 8.38. The number of rotatable bonds is 15. The van der Waals surface area contributed by atoms with Gasteiger partial charge in [-0.15, -0.1) is 0 Å². The first-order valence-corrected chi connectivity index (χ1v) is 29.6. The van der Waals surface area contributed by atoms with Gasteiger partial charge in [-0.1, -0.05) is 42.8 Å². The Morgan fingerprint density at radius 3 is 1.74 bits per heavy atom. The number of aromatic amines is 1. The van der Waals surface area contributed by atoms with Crippen molar-refractivity contribution < 1.29 is 23.9 Å². The molecule has 0 aliphatic carbocycles. The molecular formula is C52H62Cl2N14O5Si. The summed E-state index contributed by atoms with van der Waals surface area (Å²) >= 11 is 12.4. The van der Waals surface area contributed by atoms with Gasteiger partial charge in [-0.2, -0.15) is 10.2 Å². The monoisotopic (exact) mass is 1060 g/mol. The highest BCUT2D eigenvalue weighted by molar-refractivity contribution is 6.76. The average molecular weight is 1060 g/mol. The van der Waals surface area contributed by atoms with Crippen LogP contribution < -0.4 is 10.6 Å². The summed E-state index contributed by atoms with van der Waals surface area (Å²) in [7, 11) is 2.45. The first-order valence-electron chi connectivity index (χ1n) is 25.1. The number of aryl methyl sites for hydroxylation is 2. The molecular weight excluding hydrogens is 1000 g/mol. The van der Waals surface area contributed by atoms with Crippen molar-refractivity contribution in [1.29, 1.82) is 0 Å². The predicted molar refractivity (Wildman–Crippen MR) is 290 cm³/mol. The minimum atomic E-state index is -1.25. The zero-order valence-corrected chi connectivity index (χ0v) is 45.3. The van der Waals surface area contributed by atoms with Gasteiger partial charge < -0.3 is 34.7 Å².